The van der Waals surface area contributed by atoms with Crippen LogP contribution in [0.2, 0.25) is 0 Å². The molecule has 1 amide bonds. The Morgan fingerprint density at radius 3 is 2.20 bits per heavy atom. The van der Waals surface area contributed by atoms with E-state index in [1.807, 2.05) is 31.2 Å². The van der Waals surface area contributed by atoms with Crippen LogP contribution < -0.4 is 5.32 Å². The second-order valence-corrected chi connectivity index (χ2v) is 10.8. The molecule has 0 aromatic heterocycles. The minimum absolute atomic E-state index is 0.136. The molecular weight excluding hydrogens is 464 g/mol. The van der Waals surface area contributed by atoms with Crippen LogP contribution in [0.1, 0.15) is 49.7 Å². The van der Waals surface area contributed by atoms with Crippen LogP contribution in [0.4, 0.5) is 0 Å². The average Bonchev–Trinajstić information content (AvgIpc) is 2.98. The van der Waals surface area contributed by atoms with Gasteiger partial charge in [-0.25, -0.2) is 8.42 Å². The SMILES string of the molecule is Cc1ccc(CN(CC(=O)NC2CCCCCC2)S(=O)(=O)c2ccc(Br)cc2)cc1. The molecule has 2 aromatic rings. The largest absolute Gasteiger partial charge is 0.352 e. The zero-order valence-electron chi connectivity index (χ0n) is 17.3. The van der Waals surface area contributed by atoms with Crippen molar-refractivity contribution >= 4 is 31.9 Å². The summed E-state index contributed by atoms with van der Waals surface area (Å²) in [5.74, 6) is -0.241. The van der Waals surface area contributed by atoms with E-state index in [1.54, 1.807) is 24.3 Å². The summed E-state index contributed by atoms with van der Waals surface area (Å²) in [5.41, 5.74) is 1.95. The maximum absolute atomic E-state index is 13.3. The highest BCUT2D eigenvalue weighted by Crippen LogP contribution is 2.22. The van der Waals surface area contributed by atoms with Gasteiger partial charge in [0.25, 0.3) is 0 Å². The standard InChI is InChI=1S/C23H29BrN2O3S/c1-18-8-10-19(11-9-18)16-26(30(28,29)22-14-12-20(24)13-15-22)17-23(27)25-21-6-4-2-3-5-7-21/h8-15,21H,2-7,16-17H2,1H3,(H,25,27). The van der Waals surface area contributed by atoms with Crippen LogP contribution in [-0.2, 0) is 21.4 Å². The Hall–Kier alpha value is -1.70. The Balaban J connectivity index is 1.80. The Bertz CT molecular complexity index is 935. The Labute approximate surface area is 188 Å². The summed E-state index contributed by atoms with van der Waals surface area (Å²) in [6.45, 7) is 1.94. The van der Waals surface area contributed by atoms with E-state index >= 15 is 0 Å². The fourth-order valence-corrected chi connectivity index (χ4v) is 5.38. The summed E-state index contributed by atoms with van der Waals surface area (Å²) >= 11 is 3.34. The number of benzene rings is 2. The quantitative estimate of drug-likeness (QED) is 0.565. The lowest BCUT2D eigenvalue weighted by Crippen LogP contribution is -2.43. The first kappa shape index (κ1) is 23.0. The minimum Gasteiger partial charge on any atom is -0.352 e. The molecule has 1 fully saturated rings. The van der Waals surface area contributed by atoms with Crippen molar-refractivity contribution < 1.29 is 13.2 Å². The van der Waals surface area contributed by atoms with Gasteiger partial charge in [-0.05, 0) is 49.6 Å². The van der Waals surface area contributed by atoms with Gasteiger partial charge in [-0.2, -0.15) is 4.31 Å². The molecule has 30 heavy (non-hydrogen) atoms. The molecule has 1 aliphatic rings. The number of carbonyl (C=O) groups excluding carboxylic acids is 1. The number of rotatable bonds is 7. The Morgan fingerprint density at radius 2 is 1.60 bits per heavy atom. The zero-order chi connectivity index (χ0) is 21.6. The fourth-order valence-electron chi connectivity index (χ4n) is 3.74. The van der Waals surface area contributed by atoms with Crippen LogP contribution in [0.15, 0.2) is 57.9 Å². The highest BCUT2D eigenvalue weighted by molar-refractivity contribution is 9.10. The van der Waals surface area contributed by atoms with E-state index in [0.717, 1.165) is 41.3 Å². The number of hydrogen-bond acceptors (Lipinski definition) is 3. The van der Waals surface area contributed by atoms with E-state index in [0.29, 0.717) is 0 Å². The van der Waals surface area contributed by atoms with Crippen LogP contribution >= 0.6 is 15.9 Å². The van der Waals surface area contributed by atoms with Crippen LogP contribution in [0.5, 0.6) is 0 Å². The number of aryl methyl sites for hydroxylation is 1. The second kappa shape index (κ2) is 10.6. The van der Waals surface area contributed by atoms with Crippen molar-refractivity contribution in [1.82, 2.24) is 9.62 Å². The Kier molecular flexibility index (Phi) is 8.08. The molecule has 0 atom stereocenters. The van der Waals surface area contributed by atoms with Crippen LogP contribution in [0.3, 0.4) is 0 Å². The van der Waals surface area contributed by atoms with Gasteiger partial charge in [0.15, 0.2) is 0 Å². The van der Waals surface area contributed by atoms with Crippen molar-refractivity contribution in [1.29, 1.82) is 0 Å². The lowest BCUT2D eigenvalue weighted by atomic mass is 10.1. The molecule has 0 aliphatic heterocycles. The summed E-state index contributed by atoms with van der Waals surface area (Å²) < 4.78 is 28.7. The monoisotopic (exact) mass is 492 g/mol. The maximum atomic E-state index is 13.3. The molecule has 0 bridgehead atoms. The van der Waals surface area contributed by atoms with Gasteiger partial charge in [-0.1, -0.05) is 71.4 Å². The minimum atomic E-state index is -3.82. The molecule has 0 radical (unpaired) electrons. The first-order chi connectivity index (χ1) is 14.3. The molecule has 0 spiro atoms. The zero-order valence-corrected chi connectivity index (χ0v) is 19.7. The normalized spacial score (nSPS) is 15.7. The van der Waals surface area contributed by atoms with E-state index in [2.05, 4.69) is 21.2 Å². The van der Waals surface area contributed by atoms with Crippen molar-refractivity contribution in [3.8, 4) is 0 Å². The van der Waals surface area contributed by atoms with Gasteiger partial charge >= 0.3 is 0 Å². The highest BCUT2D eigenvalue weighted by atomic mass is 79.9. The number of nitrogens with zero attached hydrogens (tertiary/aromatic N) is 1. The third-order valence-electron chi connectivity index (χ3n) is 5.47. The third kappa shape index (κ3) is 6.40. The molecule has 0 saturated heterocycles. The predicted molar refractivity (Wildman–Crippen MR) is 123 cm³/mol. The van der Waals surface area contributed by atoms with Crippen molar-refractivity contribution in [3.05, 3.63) is 64.1 Å². The Morgan fingerprint density at radius 1 is 1.00 bits per heavy atom. The van der Waals surface area contributed by atoms with Gasteiger partial charge in [0.1, 0.15) is 0 Å². The molecule has 2 aromatic carbocycles. The molecule has 0 unspecified atom stereocenters. The molecule has 7 heteroatoms. The molecule has 0 heterocycles. The van der Waals surface area contributed by atoms with Crippen LogP contribution in [0.25, 0.3) is 0 Å². The van der Waals surface area contributed by atoms with E-state index < -0.39 is 10.0 Å². The number of nitrogens with one attached hydrogen (secondary N) is 1. The highest BCUT2D eigenvalue weighted by Gasteiger charge is 2.28. The van der Waals surface area contributed by atoms with Crippen LogP contribution in [-0.4, -0.2) is 31.2 Å². The number of halogens is 1. The smallest absolute Gasteiger partial charge is 0.243 e. The number of sulfonamides is 1. The molecule has 5 nitrogen and oxygen atoms in total. The molecule has 1 N–H and O–H groups in total. The van der Waals surface area contributed by atoms with Crippen molar-refractivity contribution in [2.24, 2.45) is 0 Å². The maximum Gasteiger partial charge on any atom is 0.243 e. The molecule has 1 aliphatic carbocycles. The average molecular weight is 493 g/mol. The molecule has 162 valence electrons. The molecule has 3 rings (SSSR count). The van der Waals surface area contributed by atoms with E-state index in [1.165, 1.54) is 17.1 Å². The van der Waals surface area contributed by atoms with Gasteiger partial charge in [0.2, 0.25) is 15.9 Å². The molecular formula is C23H29BrN2O3S. The summed E-state index contributed by atoms with van der Waals surface area (Å²) in [4.78, 5) is 13.0. The van der Waals surface area contributed by atoms with Crippen molar-refractivity contribution in [2.45, 2.75) is 62.9 Å². The van der Waals surface area contributed by atoms with E-state index in [-0.39, 0.29) is 29.9 Å². The van der Waals surface area contributed by atoms with Gasteiger partial charge in [0, 0.05) is 17.1 Å². The summed E-state index contributed by atoms with van der Waals surface area (Å²) in [6, 6.07) is 14.4. The van der Waals surface area contributed by atoms with E-state index in [4.69, 9.17) is 0 Å². The number of hydrogen-bond donors (Lipinski definition) is 1. The fraction of sp³-hybridized carbons (Fsp3) is 0.435. The van der Waals surface area contributed by atoms with Crippen LogP contribution in [0, 0.1) is 6.92 Å². The first-order valence-electron chi connectivity index (χ1n) is 10.5. The topological polar surface area (TPSA) is 66.5 Å². The lowest BCUT2D eigenvalue weighted by Gasteiger charge is -2.24. The van der Waals surface area contributed by atoms with Crippen molar-refractivity contribution in [2.75, 3.05) is 6.54 Å². The van der Waals surface area contributed by atoms with Gasteiger partial charge in [0.05, 0.1) is 11.4 Å². The van der Waals surface area contributed by atoms with E-state index in [9.17, 15) is 13.2 Å². The second-order valence-electron chi connectivity index (χ2n) is 7.97. The van der Waals surface area contributed by atoms with Gasteiger partial charge in [-0.3, -0.25) is 4.79 Å². The summed E-state index contributed by atoms with van der Waals surface area (Å²) in [6.07, 6.45) is 6.53. The predicted octanol–water partition coefficient (Wildman–Crippen LogP) is 4.79. The number of carbonyl (C=O) groups is 1. The lowest BCUT2D eigenvalue weighted by molar-refractivity contribution is -0.122. The third-order valence-corrected chi connectivity index (χ3v) is 7.81. The van der Waals surface area contributed by atoms with Gasteiger partial charge < -0.3 is 5.32 Å². The van der Waals surface area contributed by atoms with Gasteiger partial charge in [-0.15, -0.1) is 0 Å². The van der Waals surface area contributed by atoms with Crippen molar-refractivity contribution in [3.63, 3.8) is 0 Å². The first-order valence-corrected chi connectivity index (χ1v) is 12.7. The molecule has 1 saturated carbocycles. The number of amides is 1. The summed E-state index contributed by atoms with van der Waals surface area (Å²) in [5, 5.41) is 3.06. The summed E-state index contributed by atoms with van der Waals surface area (Å²) in [7, 11) is -3.82.